The fourth-order valence-electron chi connectivity index (χ4n) is 2.55. The fraction of sp³-hybridized carbons (Fsp3) is 0.500. The molecule has 1 aromatic heterocycles. The number of aryl methyl sites for hydroxylation is 1. The van der Waals surface area contributed by atoms with Crippen LogP contribution in [-0.4, -0.2) is 40.0 Å². The highest BCUT2D eigenvalue weighted by Crippen LogP contribution is 2.19. The van der Waals surface area contributed by atoms with Crippen LogP contribution in [0.2, 0.25) is 0 Å². The maximum Gasteiger partial charge on any atom is 0.111 e. The van der Waals surface area contributed by atoms with Crippen molar-refractivity contribution in [1.29, 1.82) is 5.26 Å². The molecule has 0 fully saturated rings. The van der Waals surface area contributed by atoms with Crippen LogP contribution in [-0.2, 0) is 13.0 Å². The van der Waals surface area contributed by atoms with Crippen LogP contribution in [0.4, 0.5) is 0 Å². The molecule has 21 heavy (non-hydrogen) atoms. The van der Waals surface area contributed by atoms with Crippen molar-refractivity contribution in [2.45, 2.75) is 26.8 Å². The quantitative estimate of drug-likeness (QED) is 0.739. The average molecular weight is 305 g/mol. The largest absolute Gasteiger partial charge is 0.327 e. The Balaban J connectivity index is 2.37. The van der Waals surface area contributed by atoms with E-state index in [0.29, 0.717) is 11.4 Å². The van der Waals surface area contributed by atoms with Gasteiger partial charge in [-0.3, -0.25) is 0 Å². The summed E-state index contributed by atoms with van der Waals surface area (Å²) in [5.74, 6) is 1.56. The lowest BCUT2D eigenvalue weighted by molar-refractivity contribution is 0.290. The first-order chi connectivity index (χ1) is 10.2. The van der Waals surface area contributed by atoms with Gasteiger partial charge in [-0.2, -0.15) is 5.26 Å². The lowest BCUT2D eigenvalue weighted by atomic mass is 10.2. The summed E-state index contributed by atoms with van der Waals surface area (Å²) in [4.78, 5) is 7.04. The topological polar surface area (TPSA) is 44.9 Å². The zero-order chi connectivity index (χ0) is 15.2. The van der Waals surface area contributed by atoms with E-state index < -0.39 is 0 Å². The number of halogens is 1. The molecule has 0 unspecified atom stereocenters. The molecule has 0 spiro atoms. The lowest BCUT2D eigenvalue weighted by Crippen LogP contribution is -2.27. The third-order valence-corrected chi connectivity index (χ3v) is 4.00. The molecule has 0 aliphatic heterocycles. The van der Waals surface area contributed by atoms with E-state index in [9.17, 15) is 0 Å². The van der Waals surface area contributed by atoms with E-state index in [2.05, 4.69) is 34.4 Å². The summed E-state index contributed by atoms with van der Waals surface area (Å²) in [6, 6.07) is 7.85. The maximum atomic E-state index is 9.08. The van der Waals surface area contributed by atoms with E-state index in [1.165, 1.54) is 0 Å². The maximum absolute atomic E-state index is 9.08. The number of hydrogen-bond donors (Lipinski definition) is 0. The van der Waals surface area contributed by atoms with Crippen molar-refractivity contribution in [2.24, 2.45) is 0 Å². The van der Waals surface area contributed by atoms with E-state index >= 15 is 0 Å². The molecule has 4 nitrogen and oxygen atoms in total. The molecule has 0 aliphatic rings. The number of nitrogens with zero attached hydrogens (tertiary/aromatic N) is 4. The molecule has 2 aromatic rings. The van der Waals surface area contributed by atoms with Crippen molar-refractivity contribution in [2.75, 3.05) is 25.5 Å². The van der Waals surface area contributed by atoms with Gasteiger partial charge in [0.25, 0.3) is 0 Å². The van der Waals surface area contributed by atoms with Gasteiger partial charge in [-0.05, 0) is 31.3 Å². The van der Waals surface area contributed by atoms with Crippen molar-refractivity contribution < 1.29 is 0 Å². The fourth-order valence-corrected chi connectivity index (χ4v) is 2.72. The second-order valence-corrected chi connectivity index (χ2v) is 5.34. The highest BCUT2D eigenvalue weighted by atomic mass is 35.5. The van der Waals surface area contributed by atoms with E-state index in [1.807, 2.05) is 18.2 Å². The summed E-state index contributed by atoms with van der Waals surface area (Å²) < 4.78 is 2.21. The molecule has 0 N–H and O–H groups in total. The molecular weight excluding hydrogens is 284 g/mol. The molecule has 0 saturated heterocycles. The number of nitriles is 1. The smallest absolute Gasteiger partial charge is 0.111 e. The number of imidazole rings is 1. The van der Waals surface area contributed by atoms with Crippen LogP contribution in [0, 0.1) is 11.3 Å². The molecule has 1 aromatic carbocycles. The highest BCUT2D eigenvalue weighted by molar-refractivity contribution is 6.17. The van der Waals surface area contributed by atoms with Crippen LogP contribution in [0.15, 0.2) is 18.2 Å². The van der Waals surface area contributed by atoms with Crippen molar-refractivity contribution in [3.63, 3.8) is 0 Å². The molecular formula is C16H21ClN4. The summed E-state index contributed by atoms with van der Waals surface area (Å²) >= 11 is 5.90. The molecule has 0 radical (unpaired) electrons. The van der Waals surface area contributed by atoms with Crippen molar-refractivity contribution >= 4 is 22.6 Å². The average Bonchev–Trinajstić information content (AvgIpc) is 2.85. The molecule has 0 aliphatic carbocycles. The zero-order valence-electron chi connectivity index (χ0n) is 12.6. The summed E-state index contributed by atoms with van der Waals surface area (Å²) in [7, 11) is 0. The Morgan fingerprint density at radius 1 is 1.33 bits per heavy atom. The van der Waals surface area contributed by atoms with Gasteiger partial charge < -0.3 is 9.47 Å². The molecule has 5 heteroatoms. The number of likely N-dealkylation sites (N-methyl/N-ethyl adjacent to an activating group) is 1. The molecule has 0 saturated carbocycles. The SMILES string of the molecule is CCN(CC)CCn1c(CCCl)nc2ccc(C#N)cc21. The first-order valence-corrected chi connectivity index (χ1v) is 7.94. The molecule has 0 amide bonds. The Bertz CT molecular complexity index is 637. The van der Waals surface area contributed by atoms with Crippen LogP contribution in [0.1, 0.15) is 25.2 Å². The predicted molar refractivity (Wildman–Crippen MR) is 86.7 cm³/mol. The first-order valence-electron chi connectivity index (χ1n) is 7.41. The van der Waals surface area contributed by atoms with Gasteiger partial charge in [0.05, 0.1) is 22.7 Å². The van der Waals surface area contributed by atoms with Gasteiger partial charge in [0, 0.05) is 25.4 Å². The van der Waals surface area contributed by atoms with Gasteiger partial charge >= 0.3 is 0 Å². The van der Waals surface area contributed by atoms with Crippen LogP contribution < -0.4 is 0 Å². The molecule has 2 rings (SSSR count). The third-order valence-electron chi connectivity index (χ3n) is 3.81. The molecule has 0 atom stereocenters. The minimum absolute atomic E-state index is 0.555. The Kier molecular flexibility index (Phi) is 5.60. The van der Waals surface area contributed by atoms with Crippen LogP contribution in [0.25, 0.3) is 11.0 Å². The first kappa shape index (κ1) is 15.8. The zero-order valence-corrected chi connectivity index (χ0v) is 13.4. The summed E-state index contributed by atoms with van der Waals surface area (Å²) in [5, 5.41) is 9.08. The molecule has 1 heterocycles. The summed E-state index contributed by atoms with van der Waals surface area (Å²) in [5.41, 5.74) is 2.64. The van der Waals surface area contributed by atoms with Gasteiger partial charge in [-0.15, -0.1) is 11.6 Å². The lowest BCUT2D eigenvalue weighted by Gasteiger charge is -2.19. The third kappa shape index (κ3) is 3.55. The summed E-state index contributed by atoms with van der Waals surface area (Å²) in [6.07, 6.45) is 0.746. The van der Waals surface area contributed by atoms with Gasteiger partial charge in [0.1, 0.15) is 5.82 Å². The number of alkyl halides is 1. The Hall–Kier alpha value is -1.57. The summed E-state index contributed by atoms with van der Waals surface area (Å²) in [6.45, 7) is 8.27. The standard InChI is InChI=1S/C16H21ClN4/c1-3-20(4-2)9-10-21-15-11-13(12-18)5-6-14(15)19-16(21)7-8-17/h5-6,11H,3-4,7-10H2,1-2H3. The van der Waals surface area contributed by atoms with Crippen LogP contribution in [0.3, 0.4) is 0 Å². The monoisotopic (exact) mass is 304 g/mol. The van der Waals surface area contributed by atoms with E-state index in [1.54, 1.807) is 0 Å². The predicted octanol–water partition coefficient (Wildman–Crippen LogP) is 3.03. The Morgan fingerprint density at radius 3 is 2.71 bits per heavy atom. The number of rotatable bonds is 7. The number of fused-ring (bicyclic) bond motifs is 1. The normalized spacial score (nSPS) is 11.2. The Labute approximate surface area is 130 Å². The number of hydrogen-bond acceptors (Lipinski definition) is 3. The second kappa shape index (κ2) is 7.44. The minimum atomic E-state index is 0.555. The minimum Gasteiger partial charge on any atom is -0.327 e. The van der Waals surface area contributed by atoms with E-state index in [4.69, 9.17) is 16.9 Å². The van der Waals surface area contributed by atoms with Crippen molar-refractivity contribution in [3.05, 3.63) is 29.6 Å². The second-order valence-electron chi connectivity index (χ2n) is 4.96. The van der Waals surface area contributed by atoms with E-state index in [-0.39, 0.29) is 0 Å². The van der Waals surface area contributed by atoms with Gasteiger partial charge in [-0.1, -0.05) is 13.8 Å². The highest BCUT2D eigenvalue weighted by Gasteiger charge is 2.12. The van der Waals surface area contributed by atoms with Gasteiger partial charge in [0.15, 0.2) is 0 Å². The Morgan fingerprint density at radius 2 is 2.10 bits per heavy atom. The van der Waals surface area contributed by atoms with E-state index in [0.717, 1.165) is 49.5 Å². The number of benzene rings is 1. The van der Waals surface area contributed by atoms with Crippen molar-refractivity contribution in [1.82, 2.24) is 14.5 Å². The van der Waals surface area contributed by atoms with Gasteiger partial charge in [0.2, 0.25) is 0 Å². The van der Waals surface area contributed by atoms with Crippen LogP contribution in [0.5, 0.6) is 0 Å². The molecule has 112 valence electrons. The van der Waals surface area contributed by atoms with Crippen LogP contribution >= 0.6 is 11.6 Å². The van der Waals surface area contributed by atoms with Gasteiger partial charge in [-0.25, -0.2) is 4.98 Å². The molecule has 0 bridgehead atoms. The van der Waals surface area contributed by atoms with Crippen molar-refractivity contribution in [3.8, 4) is 6.07 Å². The number of aromatic nitrogens is 2.